The van der Waals surface area contributed by atoms with E-state index >= 15 is 0 Å². The van der Waals surface area contributed by atoms with E-state index in [0.29, 0.717) is 11.8 Å². The number of thioether (sulfide) groups is 1. The predicted octanol–water partition coefficient (Wildman–Crippen LogP) is 1.92. The van der Waals surface area contributed by atoms with Gasteiger partial charge < -0.3 is 22.0 Å². The van der Waals surface area contributed by atoms with Crippen molar-refractivity contribution in [2.75, 3.05) is 39.2 Å². The highest BCUT2D eigenvalue weighted by Crippen LogP contribution is 2.60. The van der Waals surface area contributed by atoms with Crippen molar-refractivity contribution in [3.05, 3.63) is 0 Å². The molecule has 1 unspecified atom stereocenters. The number of likely N-dealkylation sites (N-methyl/N-ethyl adjacent to an activating group) is 1. The van der Waals surface area contributed by atoms with Crippen molar-refractivity contribution >= 4 is 11.8 Å². The smallest absolute Gasteiger partial charge is 0.460 e. The van der Waals surface area contributed by atoms with E-state index in [2.05, 4.69) is 0 Å². The Morgan fingerprint density at radius 2 is 1.10 bits per heavy atom. The first-order valence-corrected chi connectivity index (χ1v) is 9.02. The maximum absolute atomic E-state index is 13.5. The topological polar surface area (TPSA) is 20.2 Å². The van der Waals surface area contributed by atoms with Gasteiger partial charge in [0.25, 0.3) is 0 Å². The maximum atomic E-state index is 13.5. The molecule has 0 radical (unpaired) electrons. The first kappa shape index (κ1) is 32.8. The zero-order chi connectivity index (χ0) is 24.6. The summed E-state index contributed by atoms with van der Waals surface area (Å²) in [6.45, 7) is 0.0658. The van der Waals surface area contributed by atoms with Crippen molar-refractivity contribution in [2.45, 2.75) is 48.3 Å². The molecule has 0 aliphatic rings. The lowest BCUT2D eigenvalue weighted by molar-refractivity contribution is -0.873. The van der Waals surface area contributed by atoms with Crippen LogP contribution in [0.3, 0.4) is 0 Å². The molecule has 0 aliphatic heterocycles. The fourth-order valence-corrected chi connectivity index (χ4v) is 3.01. The minimum Gasteiger partial charge on any atom is -1.00 e. The van der Waals surface area contributed by atoms with Crippen LogP contribution in [0.2, 0.25) is 0 Å². The number of halogens is 14. The average molecular weight is 532 g/mol. The van der Waals surface area contributed by atoms with Gasteiger partial charge in [-0.1, -0.05) is 0 Å². The molecule has 0 bridgehead atoms. The van der Waals surface area contributed by atoms with Gasteiger partial charge in [-0.3, -0.25) is 0 Å². The monoisotopic (exact) mass is 531 g/mol. The Morgan fingerprint density at radius 3 is 1.45 bits per heavy atom. The molecule has 0 spiro atoms. The summed E-state index contributed by atoms with van der Waals surface area (Å²) in [7, 11) is 4.88. The van der Waals surface area contributed by atoms with Crippen LogP contribution in [0.15, 0.2) is 0 Å². The van der Waals surface area contributed by atoms with Gasteiger partial charge in [0.15, 0.2) is 0 Å². The zero-order valence-electron chi connectivity index (χ0n) is 16.0. The molecule has 0 heterocycles. The lowest BCUT2D eigenvalue weighted by Crippen LogP contribution is -3.00. The number of nitrogens with zero attached hydrogens (tertiary/aromatic N) is 1. The van der Waals surface area contributed by atoms with Crippen LogP contribution in [0.1, 0.15) is 6.42 Å². The Kier molecular flexibility index (Phi) is 10.5. The standard InChI is InChI=1S/C14H19F13NOS.ClH/c1-28(2,3)6-8(29)7-30-5-4-9(15,16)10(17,18)11(19,20)12(21,22)13(23,24)14(25,26)27;/h8,29H,4-7H2,1-3H3;1H/q+1;/p-1. The van der Waals surface area contributed by atoms with Gasteiger partial charge in [-0.2, -0.15) is 68.8 Å². The Hall–Kier alpha value is -0.350. The van der Waals surface area contributed by atoms with Gasteiger partial charge in [-0.15, -0.1) is 0 Å². The SMILES string of the molecule is C[N+](C)(C)CC(O)CSCCC(F)(F)C(F)(F)C(F)(F)C(F)(F)C(F)(F)C(F)(F)F.[Cl-]. The number of hydrogen-bond acceptors (Lipinski definition) is 2. The summed E-state index contributed by atoms with van der Waals surface area (Å²) in [4.78, 5) is 0. The second kappa shape index (κ2) is 9.87. The number of aliphatic hydroxyl groups excluding tert-OH is 1. The molecular weight excluding hydrogens is 513 g/mol. The summed E-state index contributed by atoms with van der Waals surface area (Å²) in [6.07, 6.45) is -10.8. The third kappa shape index (κ3) is 6.82. The van der Waals surface area contributed by atoms with Crippen molar-refractivity contribution in [1.29, 1.82) is 0 Å². The third-order valence-electron chi connectivity index (χ3n) is 3.63. The number of alkyl halides is 13. The molecule has 31 heavy (non-hydrogen) atoms. The van der Waals surface area contributed by atoms with Gasteiger partial charge in [0.05, 0.1) is 21.1 Å². The summed E-state index contributed by atoms with van der Waals surface area (Å²) in [5.41, 5.74) is 0. The zero-order valence-corrected chi connectivity index (χ0v) is 17.6. The van der Waals surface area contributed by atoms with E-state index in [0.717, 1.165) is 0 Å². The molecule has 1 N–H and O–H groups in total. The molecule has 0 rings (SSSR count). The largest absolute Gasteiger partial charge is 1.00 e. The summed E-state index contributed by atoms with van der Waals surface area (Å²) < 4.78 is 168. The Morgan fingerprint density at radius 1 is 0.710 bits per heavy atom. The van der Waals surface area contributed by atoms with Gasteiger partial charge in [-0.05, 0) is 5.75 Å². The molecular formula is C14H19ClF13NOS. The van der Waals surface area contributed by atoms with E-state index in [9.17, 15) is 62.2 Å². The van der Waals surface area contributed by atoms with E-state index in [-0.39, 0.29) is 29.2 Å². The van der Waals surface area contributed by atoms with Crippen molar-refractivity contribution in [2.24, 2.45) is 0 Å². The summed E-state index contributed by atoms with van der Waals surface area (Å²) in [5, 5.41) is 9.59. The summed E-state index contributed by atoms with van der Waals surface area (Å²) in [5.74, 6) is -38.1. The maximum Gasteiger partial charge on any atom is 0.460 e. The second-order valence-corrected chi connectivity index (χ2v) is 8.60. The highest BCUT2D eigenvalue weighted by Gasteiger charge is 2.90. The van der Waals surface area contributed by atoms with E-state index in [1.54, 1.807) is 21.1 Å². The average Bonchev–Trinajstić information content (AvgIpc) is 2.47. The Balaban J connectivity index is 0. The minimum absolute atomic E-state index is 0. The van der Waals surface area contributed by atoms with Crippen LogP contribution in [0, 0.1) is 0 Å². The Labute approximate surface area is 179 Å². The van der Waals surface area contributed by atoms with Gasteiger partial charge >= 0.3 is 35.8 Å². The van der Waals surface area contributed by atoms with Crippen LogP contribution >= 0.6 is 11.8 Å². The van der Waals surface area contributed by atoms with E-state index in [4.69, 9.17) is 0 Å². The molecule has 0 saturated heterocycles. The van der Waals surface area contributed by atoms with Crippen LogP contribution in [0.4, 0.5) is 57.1 Å². The van der Waals surface area contributed by atoms with Crippen molar-refractivity contribution < 1.29 is 79.1 Å². The molecule has 0 saturated carbocycles. The second-order valence-electron chi connectivity index (χ2n) is 7.45. The van der Waals surface area contributed by atoms with Crippen LogP contribution in [-0.2, 0) is 0 Å². The molecule has 0 fully saturated rings. The molecule has 0 aromatic rings. The van der Waals surface area contributed by atoms with Crippen LogP contribution in [-0.4, -0.2) is 90.7 Å². The first-order chi connectivity index (χ1) is 12.9. The molecule has 1 atom stereocenters. The molecule has 190 valence electrons. The lowest BCUT2D eigenvalue weighted by Gasteiger charge is -2.39. The van der Waals surface area contributed by atoms with Gasteiger partial charge in [-0.25, -0.2) is 0 Å². The highest BCUT2D eigenvalue weighted by atomic mass is 35.5. The molecule has 0 amide bonds. The van der Waals surface area contributed by atoms with E-state index in [1.165, 1.54) is 0 Å². The first-order valence-electron chi connectivity index (χ1n) is 7.87. The van der Waals surface area contributed by atoms with E-state index in [1.807, 2.05) is 0 Å². The van der Waals surface area contributed by atoms with Gasteiger partial charge in [0, 0.05) is 12.2 Å². The van der Waals surface area contributed by atoms with Gasteiger partial charge in [0.2, 0.25) is 0 Å². The third-order valence-corrected chi connectivity index (χ3v) is 4.74. The van der Waals surface area contributed by atoms with E-state index < -0.39 is 54.1 Å². The molecule has 0 aromatic carbocycles. The normalized spacial score (nSPS) is 16.2. The highest BCUT2D eigenvalue weighted by molar-refractivity contribution is 7.99. The van der Waals surface area contributed by atoms with Crippen LogP contribution in [0.25, 0.3) is 0 Å². The number of aliphatic hydroxyl groups is 1. The van der Waals surface area contributed by atoms with Crippen molar-refractivity contribution in [3.63, 3.8) is 0 Å². The fourth-order valence-electron chi connectivity index (χ4n) is 2.06. The minimum atomic E-state index is -7.88. The molecule has 2 nitrogen and oxygen atoms in total. The lowest BCUT2D eigenvalue weighted by atomic mass is 9.93. The van der Waals surface area contributed by atoms with Crippen LogP contribution < -0.4 is 12.4 Å². The van der Waals surface area contributed by atoms with Crippen molar-refractivity contribution in [3.8, 4) is 0 Å². The summed E-state index contributed by atoms with van der Waals surface area (Å²) >= 11 is 0.339. The molecule has 0 aliphatic carbocycles. The van der Waals surface area contributed by atoms with Crippen molar-refractivity contribution in [1.82, 2.24) is 0 Å². The number of hydrogen-bond donors (Lipinski definition) is 1. The quantitative estimate of drug-likeness (QED) is 0.250. The van der Waals surface area contributed by atoms with Crippen LogP contribution in [0.5, 0.6) is 0 Å². The Bertz CT molecular complexity index is 578. The fraction of sp³-hybridized carbons (Fsp3) is 1.00. The molecule has 0 aromatic heterocycles. The van der Waals surface area contributed by atoms with Gasteiger partial charge in [0.1, 0.15) is 12.6 Å². The number of rotatable bonds is 11. The predicted molar refractivity (Wildman–Crippen MR) is 81.6 cm³/mol. The summed E-state index contributed by atoms with van der Waals surface area (Å²) in [6, 6.07) is 0. The molecule has 17 heteroatoms. The number of quaternary nitrogens is 1.